The molecule has 0 saturated carbocycles. The Morgan fingerprint density at radius 3 is 0.906 bits per heavy atom. The minimum atomic E-state index is 0. The second kappa shape index (κ2) is 12.1. The third-order valence-electron chi connectivity index (χ3n) is 5.36. The summed E-state index contributed by atoms with van der Waals surface area (Å²) >= 11 is 0. The summed E-state index contributed by atoms with van der Waals surface area (Å²) in [5.41, 5.74) is 8.74. The van der Waals surface area contributed by atoms with Crippen molar-refractivity contribution in [3.8, 4) is 0 Å². The zero-order chi connectivity index (χ0) is 23.7. The van der Waals surface area contributed by atoms with Gasteiger partial charge in [-0.15, -0.1) is 0 Å². The molecule has 0 aliphatic carbocycles. The van der Waals surface area contributed by atoms with Gasteiger partial charge in [0.25, 0.3) is 0 Å². The average molecular weight is 648 g/mol. The molecule has 0 amide bonds. The van der Waals surface area contributed by atoms with Gasteiger partial charge in [0.1, 0.15) is 0 Å². The van der Waals surface area contributed by atoms with Crippen LogP contribution in [0.15, 0.2) is 24.3 Å². The monoisotopic (exact) mass is 648 g/mol. The Hall–Kier alpha value is 0.0401. The standard InChI is InChI=1S/2C15H23.HI.In/c2*1-11-8-12(14(2,3)4)10-13(9-11)15(5,6)7;;/h2*8,10H,1-7H3;1H;/q;;;+1/p-1. The van der Waals surface area contributed by atoms with E-state index in [9.17, 15) is 0 Å². The summed E-state index contributed by atoms with van der Waals surface area (Å²) in [5.74, 6) is 0. The smallest absolute Gasteiger partial charge is 1.00 e. The van der Waals surface area contributed by atoms with Crippen LogP contribution >= 0.6 is 0 Å². The summed E-state index contributed by atoms with van der Waals surface area (Å²) in [6, 6.07) is 16.0. The normalized spacial score (nSPS) is 12.2. The summed E-state index contributed by atoms with van der Waals surface area (Å²) < 4.78 is 0. The molecular formula is C30H46IIn. The first kappa shape index (κ1) is 34.2. The van der Waals surface area contributed by atoms with Crippen molar-refractivity contribution in [2.24, 2.45) is 0 Å². The van der Waals surface area contributed by atoms with Gasteiger partial charge in [0, 0.05) is 0 Å². The number of benzene rings is 2. The fraction of sp³-hybridized carbons (Fsp3) is 0.600. The quantitative estimate of drug-likeness (QED) is 0.336. The molecule has 2 heteroatoms. The molecule has 0 bridgehead atoms. The van der Waals surface area contributed by atoms with Crippen molar-refractivity contribution >= 4 is 25.8 Å². The molecule has 0 heterocycles. The van der Waals surface area contributed by atoms with E-state index in [1.54, 1.807) is 0 Å². The van der Waals surface area contributed by atoms with Gasteiger partial charge in [-0.05, 0) is 81.0 Å². The third kappa shape index (κ3) is 11.0. The fourth-order valence-electron chi connectivity index (χ4n) is 3.10. The Kier molecular flexibility index (Phi) is 13.0. The van der Waals surface area contributed by atoms with Crippen LogP contribution in [0.25, 0.3) is 0 Å². The van der Waals surface area contributed by atoms with Gasteiger partial charge in [-0.3, -0.25) is 0 Å². The Balaban J connectivity index is 0. The molecule has 0 unspecified atom stereocenters. The Morgan fingerprint density at radius 2 is 0.719 bits per heavy atom. The van der Waals surface area contributed by atoms with E-state index in [-0.39, 0.29) is 71.5 Å². The van der Waals surface area contributed by atoms with Crippen molar-refractivity contribution < 1.29 is 24.0 Å². The molecule has 0 aliphatic rings. The summed E-state index contributed by atoms with van der Waals surface area (Å²) in [5, 5.41) is 0. The maximum absolute atomic E-state index is 3.46. The van der Waals surface area contributed by atoms with Crippen LogP contribution in [0.5, 0.6) is 0 Å². The van der Waals surface area contributed by atoms with E-state index in [0.29, 0.717) is 0 Å². The topological polar surface area (TPSA) is 0 Å². The molecule has 176 valence electrons. The number of halogens is 1. The van der Waals surface area contributed by atoms with Gasteiger partial charge >= 0.3 is 25.8 Å². The van der Waals surface area contributed by atoms with Crippen molar-refractivity contribution in [3.05, 3.63) is 69.8 Å². The van der Waals surface area contributed by atoms with Gasteiger partial charge in [-0.25, -0.2) is 0 Å². The van der Waals surface area contributed by atoms with Crippen LogP contribution in [-0.4, -0.2) is 25.8 Å². The molecule has 0 fully saturated rings. The van der Waals surface area contributed by atoms with Gasteiger partial charge in [0.2, 0.25) is 0 Å². The van der Waals surface area contributed by atoms with Crippen LogP contribution < -0.4 is 24.0 Å². The van der Waals surface area contributed by atoms with Crippen LogP contribution in [0.4, 0.5) is 0 Å². The predicted molar refractivity (Wildman–Crippen MR) is 141 cm³/mol. The molecule has 32 heavy (non-hydrogen) atoms. The molecule has 4 radical (unpaired) electrons. The van der Waals surface area contributed by atoms with Crippen molar-refractivity contribution in [2.75, 3.05) is 0 Å². The summed E-state index contributed by atoms with van der Waals surface area (Å²) in [7, 11) is 0. The van der Waals surface area contributed by atoms with Crippen LogP contribution in [-0.2, 0) is 21.7 Å². The van der Waals surface area contributed by atoms with Crippen LogP contribution in [0.1, 0.15) is 116 Å². The molecule has 2 aromatic rings. The van der Waals surface area contributed by atoms with Crippen LogP contribution in [0.3, 0.4) is 0 Å². The molecule has 0 aliphatic heterocycles. The second-order valence-electron chi connectivity index (χ2n) is 12.9. The summed E-state index contributed by atoms with van der Waals surface area (Å²) in [4.78, 5) is 0. The van der Waals surface area contributed by atoms with Gasteiger partial charge < -0.3 is 24.0 Å². The van der Waals surface area contributed by atoms with Crippen molar-refractivity contribution in [1.82, 2.24) is 0 Å². The average Bonchev–Trinajstić information content (AvgIpc) is 2.51. The van der Waals surface area contributed by atoms with Crippen molar-refractivity contribution in [1.29, 1.82) is 0 Å². The van der Waals surface area contributed by atoms with E-state index >= 15 is 0 Å². The first-order chi connectivity index (χ1) is 13.2. The molecule has 0 atom stereocenters. The largest absolute Gasteiger partial charge is 1.00 e. The number of hydrogen-bond donors (Lipinski definition) is 0. The summed E-state index contributed by atoms with van der Waals surface area (Å²) in [6.45, 7) is 31.3. The Bertz CT molecular complexity index is 712. The molecule has 0 aromatic heterocycles. The first-order valence-electron chi connectivity index (χ1n) is 11.3. The van der Waals surface area contributed by atoms with Gasteiger partial charge in [-0.1, -0.05) is 107 Å². The first-order valence-corrected chi connectivity index (χ1v) is 11.3. The predicted octanol–water partition coefficient (Wildman–Crippen LogP) is 5.40. The van der Waals surface area contributed by atoms with Crippen LogP contribution in [0.2, 0.25) is 0 Å². The van der Waals surface area contributed by atoms with Crippen molar-refractivity contribution in [3.63, 3.8) is 0 Å². The number of rotatable bonds is 0. The summed E-state index contributed by atoms with van der Waals surface area (Å²) in [6.07, 6.45) is 0. The molecule has 2 aromatic carbocycles. The molecule has 0 N–H and O–H groups in total. The maximum atomic E-state index is 3.46. The minimum Gasteiger partial charge on any atom is -1.00 e. The molecule has 0 saturated heterocycles. The fourth-order valence-corrected chi connectivity index (χ4v) is 3.10. The molecule has 0 spiro atoms. The Labute approximate surface area is 236 Å². The SMILES string of the molecule is Cc1[c]c(C(C)(C)C)cc(C(C)(C)C)c1.Cc1[c]c(C(C)(C)C)cc(C(C)(C)C)c1.[I-].[In+]. The Morgan fingerprint density at radius 1 is 0.469 bits per heavy atom. The van der Waals surface area contributed by atoms with E-state index in [2.05, 4.69) is 133 Å². The minimum absolute atomic E-state index is 0. The van der Waals surface area contributed by atoms with E-state index in [1.807, 2.05) is 0 Å². The van der Waals surface area contributed by atoms with E-state index in [4.69, 9.17) is 0 Å². The maximum Gasteiger partial charge on any atom is 1.00 e. The van der Waals surface area contributed by atoms with E-state index in [0.717, 1.165) is 0 Å². The van der Waals surface area contributed by atoms with E-state index in [1.165, 1.54) is 33.4 Å². The van der Waals surface area contributed by atoms with Crippen molar-refractivity contribution in [2.45, 2.75) is 119 Å². The zero-order valence-electron chi connectivity index (χ0n) is 23.3. The second-order valence-corrected chi connectivity index (χ2v) is 12.9. The van der Waals surface area contributed by atoms with Gasteiger partial charge in [0.05, 0.1) is 0 Å². The number of aryl methyl sites for hydroxylation is 2. The van der Waals surface area contributed by atoms with Gasteiger partial charge in [-0.2, -0.15) is 0 Å². The zero-order valence-corrected chi connectivity index (χ0v) is 28.7. The third-order valence-corrected chi connectivity index (χ3v) is 5.36. The molecule has 0 nitrogen and oxygen atoms in total. The molecular weight excluding hydrogens is 602 g/mol. The van der Waals surface area contributed by atoms with Crippen LogP contribution in [0, 0.1) is 26.0 Å². The van der Waals surface area contributed by atoms with Gasteiger partial charge in [0.15, 0.2) is 0 Å². The number of hydrogen-bond acceptors (Lipinski definition) is 0. The molecule has 2 rings (SSSR count). The van der Waals surface area contributed by atoms with E-state index < -0.39 is 0 Å².